The third-order valence-corrected chi connectivity index (χ3v) is 9.78. The highest BCUT2D eigenvalue weighted by Crippen LogP contribution is 2.55. The van der Waals surface area contributed by atoms with Gasteiger partial charge in [-0.3, -0.25) is 19.4 Å². The fourth-order valence-corrected chi connectivity index (χ4v) is 7.98. The molecular weight excluding hydrogens is 588 g/mol. The highest BCUT2D eigenvalue weighted by molar-refractivity contribution is 6.40. The van der Waals surface area contributed by atoms with Crippen molar-refractivity contribution in [3.8, 4) is 0 Å². The topological polar surface area (TPSA) is 40.6 Å². The number of aryl methyl sites for hydroxylation is 6. The van der Waals surface area contributed by atoms with Crippen molar-refractivity contribution in [2.45, 2.75) is 41.5 Å². The van der Waals surface area contributed by atoms with E-state index in [2.05, 4.69) is 112 Å². The molecule has 0 spiro atoms. The van der Waals surface area contributed by atoms with Crippen LogP contribution in [0, 0.1) is 41.5 Å². The van der Waals surface area contributed by atoms with Crippen molar-refractivity contribution in [1.82, 2.24) is 0 Å². The molecule has 6 aromatic carbocycles. The van der Waals surface area contributed by atoms with Crippen LogP contribution in [0.3, 0.4) is 0 Å². The fraction of sp³-hybridized carbons (Fsp3) is 0.136. The summed E-state index contributed by atoms with van der Waals surface area (Å²) in [5, 5.41) is 4.17. The van der Waals surface area contributed by atoms with E-state index in [0.717, 1.165) is 72.4 Å². The number of ketones is 2. The summed E-state index contributed by atoms with van der Waals surface area (Å²) in [4.78, 5) is 32.4. The van der Waals surface area contributed by atoms with E-state index in [1.807, 2.05) is 42.5 Å². The van der Waals surface area contributed by atoms with E-state index >= 15 is 0 Å². The van der Waals surface area contributed by atoms with E-state index < -0.39 is 0 Å². The number of hydrogen-bond donors (Lipinski definition) is 0. The highest BCUT2D eigenvalue weighted by atomic mass is 16.2. The molecule has 0 aromatic heterocycles. The summed E-state index contributed by atoms with van der Waals surface area (Å²) in [5.74, 6) is 0.393. The summed E-state index contributed by atoms with van der Waals surface area (Å²) in [6.07, 6.45) is 3.72. The first kappa shape index (κ1) is 29.6. The van der Waals surface area contributed by atoms with Crippen LogP contribution >= 0.6 is 0 Å². The van der Waals surface area contributed by atoms with Gasteiger partial charge in [0, 0.05) is 16.5 Å². The summed E-state index contributed by atoms with van der Waals surface area (Å²) in [6.45, 7) is 12.9. The molecule has 0 fully saturated rings. The molecule has 0 radical (unpaired) electrons. The number of allylic oxidation sites excluding steroid dienone is 3. The second-order valence-corrected chi connectivity index (χ2v) is 13.3. The van der Waals surface area contributed by atoms with Gasteiger partial charge in [-0.1, -0.05) is 90.0 Å². The molecule has 0 saturated heterocycles. The molecule has 0 unspecified atom stereocenters. The van der Waals surface area contributed by atoms with E-state index in [-0.39, 0.29) is 17.1 Å². The Balaban J connectivity index is 1.42. The van der Waals surface area contributed by atoms with Gasteiger partial charge in [-0.05, 0) is 110 Å². The van der Waals surface area contributed by atoms with Gasteiger partial charge in [0.05, 0.1) is 28.3 Å². The standard InChI is InChI=1S/C44H36N2O2/c1-25-19-27(3)40(28(4)20-25)45-38-17-15-31-11-9-10-14-34(31)42(38)46(41-29(5)21-26(2)22-30(41)6)39(45)18-16-35-43(47)36-23-32-12-7-8-13-33(32)24-37(36)44(35)48/h7-24H,1-6H3/b39-18-. The predicted octanol–water partition coefficient (Wildman–Crippen LogP) is 11.0. The molecule has 6 aromatic rings. The number of nitrogens with zero attached hydrogens (tertiary/aromatic N) is 2. The number of rotatable bonds is 3. The number of Topliss-reactive ketones (excluding diaryl/α,β-unsaturated/α-hetero) is 2. The third kappa shape index (κ3) is 4.44. The zero-order chi connectivity index (χ0) is 33.4. The van der Waals surface area contributed by atoms with Gasteiger partial charge >= 0.3 is 0 Å². The van der Waals surface area contributed by atoms with Gasteiger partial charge in [-0.25, -0.2) is 0 Å². The number of fused-ring (bicyclic) bond motifs is 5. The molecular formula is C44H36N2O2. The lowest BCUT2D eigenvalue weighted by Crippen LogP contribution is -2.24. The van der Waals surface area contributed by atoms with Crippen LogP contribution in [0.5, 0.6) is 0 Å². The summed E-state index contributed by atoms with van der Waals surface area (Å²) in [5.41, 5.74) is 12.4. The predicted molar refractivity (Wildman–Crippen MR) is 198 cm³/mol. The summed E-state index contributed by atoms with van der Waals surface area (Å²) >= 11 is 0. The molecule has 4 heteroatoms. The molecule has 2 aliphatic rings. The van der Waals surface area contributed by atoms with Gasteiger partial charge < -0.3 is 0 Å². The van der Waals surface area contributed by atoms with Gasteiger partial charge in [-0.2, -0.15) is 0 Å². The average Bonchev–Trinajstić information content (AvgIpc) is 3.48. The molecule has 0 bridgehead atoms. The number of hydrogen-bond acceptors (Lipinski definition) is 4. The van der Waals surface area contributed by atoms with Gasteiger partial charge in [-0.15, -0.1) is 0 Å². The molecule has 234 valence electrons. The Morgan fingerprint density at radius 1 is 0.479 bits per heavy atom. The minimum Gasteiger partial charge on any atom is -0.293 e. The van der Waals surface area contributed by atoms with Crippen LogP contribution in [0.25, 0.3) is 21.5 Å². The summed E-state index contributed by atoms with van der Waals surface area (Å²) in [6, 6.07) is 33.3. The van der Waals surface area contributed by atoms with E-state index in [1.165, 1.54) is 11.1 Å². The third-order valence-electron chi connectivity index (χ3n) is 9.78. The minimum absolute atomic E-state index is 0.184. The van der Waals surface area contributed by atoms with Crippen LogP contribution in [0.2, 0.25) is 0 Å². The van der Waals surface area contributed by atoms with Gasteiger partial charge in [0.2, 0.25) is 0 Å². The van der Waals surface area contributed by atoms with E-state index in [9.17, 15) is 9.59 Å². The molecule has 1 aliphatic carbocycles. The lowest BCUT2D eigenvalue weighted by molar-refractivity contribution is 0.0988. The maximum atomic E-state index is 13.9. The second kappa shape index (κ2) is 10.9. The second-order valence-electron chi connectivity index (χ2n) is 13.3. The smallest absolute Gasteiger partial charge is 0.197 e. The Morgan fingerprint density at radius 2 is 0.958 bits per heavy atom. The largest absolute Gasteiger partial charge is 0.293 e. The first-order valence-electron chi connectivity index (χ1n) is 16.4. The number of benzene rings is 6. The number of anilines is 4. The summed E-state index contributed by atoms with van der Waals surface area (Å²) < 4.78 is 0. The average molecular weight is 625 g/mol. The fourth-order valence-electron chi connectivity index (χ4n) is 7.98. The molecule has 0 amide bonds. The van der Waals surface area contributed by atoms with Crippen LogP contribution in [-0.4, -0.2) is 11.6 Å². The molecule has 1 heterocycles. The molecule has 0 saturated carbocycles. The maximum Gasteiger partial charge on any atom is 0.197 e. The molecule has 8 rings (SSSR count). The zero-order valence-corrected chi connectivity index (χ0v) is 28.1. The number of carbonyl (C=O) groups is 2. The van der Waals surface area contributed by atoms with Crippen LogP contribution < -0.4 is 9.80 Å². The van der Waals surface area contributed by atoms with Crippen molar-refractivity contribution >= 4 is 55.9 Å². The van der Waals surface area contributed by atoms with Crippen molar-refractivity contribution in [3.63, 3.8) is 0 Å². The monoisotopic (exact) mass is 624 g/mol. The lowest BCUT2D eigenvalue weighted by atomic mass is 10.0. The first-order valence-corrected chi connectivity index (χ1v) is 16.4. The van der Waals surface area contributed by atoms with E-state index in [0.29, 0.717) is 11.1 Å². The summed E-state index contributed by atoms with van der Waals surface area (Å²) in [7, 11) is 0. The van der Waals surface area contributed by atoms with Crippen molar-refractivity contribution in [1.29, 1.82) is 0 Å². The maximum absolute atomic E-state index is 13.9. The van der Waals surface area contributed by atoms with Crippen LogP contribution in [0.1, 0.15) is 54.1 Å². The first-order chi connectivity index (χ1) is 23.1. The normalized spacial score (nSPS) is 14.9. The van der Waals surface area contributed by atoms with Crippen molar-refractivity contribution in [2.24, 2.45) is 0 Å². The molecule has 0 atom stereocenters. The molecule has 4 nitrogen and oxygen atoms in total. The Labute approximate surface area is 281 Å². The van der Waals surface area contributed by atoms with Crippen LogP contribution in [-0.2, 0) is 0 Å². The molecule has 48 heavy (non-hydrogen) atoms. The molecule has 0 N–H and O–H groups in total. The Bertz CT molecular complexity index is 2360. The Hall–Kier alpha value is -5.74. The van der Waals surface area contributed by atoms with Gasteiger partial charge in [0.15, 0.2) is 11.6 Å². The molecule has 1 aliphatic heterocycles. The Morgan fingerprint density at radius 3 is 1.50 bits per heavy atom. The van der Waals surface area contributed by atoms with Crippen LogP contribution in [0.4, 0.5) is 22.7 Å². The van der Waals surface area contributed by atoms with Gasteiger partial charge in [0.25, 0.3) is 0 Å². The zero-order valence-electron chi connectivity index (χ0n) is 28.1. The van der Waals surface area contributed by atoms with E-state index in [4.69, 9.17) is 0 Å². The quantitative estimate of drug-likeness (QED) is 0.145. The van der Waals surface area contributed by atoms with E-state index in [1.54, 1.807) is 6.08 Å². The van der Waals surface area contributed by atoms with Crippen molar-refractivity contribution in [2.75, 3.05) is 9.80 Å². The van der Waals surface area contributed by atoms with Crippen molar-refractivity contribution < 1.29 is 9.59 Å². The lowest BCUT2D eigenvalue weighted by Gasteiger charge is -2.30. The van der Waals surface area contributed by atoms with Gasteiger partial charge in [0.1, 0.15) is 5.82 Å². The van der Waals surface area contributed by atoms with Crippen LogP contribution in [0.15, 0.2) is 121 Å². The SMILES string of the molecule is Cc1cc(C)c(N2/C(=C/C=C3C(=O)c4cc5ccccc5cc4C3=O)N(c3c(C)cc(C)cc3C)c3c2ccc2ccccc32)c(C)c1. The Kier molecular flexibility index (Phi) is 6.74. The highest BCUT2D eigenvalue weighted by Gasteiger charge is 2.38. The number of carbonyl (C=O) groups excluding carboxylic acids is 2. The van der Waals surface area contributed by atoms with Crippen molar-refractivity contribution in [3.05, 3.63) is 165 Å². The minimum atomic E-state index is -0.234.